The van der Waals surface area contributed by atoms with Crippen molar-refractivity contribution < 1.29 is 52.2 Å². The summed E-state index contributed by atoms with van der Waals surface area (Å²) in [4.78, 5) is 0. The van der Waals surface area contributed by atoms with E-state index in [2.05, 4.69) is 4.18 Å². The first-order valence-electron chi connectivity index (χ1n) is 9.90. The highest BCUT2D eigenvalue weighted by molar-refractivity contribution is 7.80. The molecule has 1 aliphatic carbocycles. The molecule has 3 rings (SSSR count). The average Bonchev–Trinajstić information content (AvgIpc) is 2.99. The van der Waals surface area contributed by atoms with Crippen LogP contribution in [-0.2, 0) is 30.7 Å². The van der Waals surface area contributed by atoms with Gasteiger partial charge in [0.05, 0.1) is 24.9 Å². The van der Waals surface area contributed by atoms with E-state index in [9.17, 15) is 34.0 Å². The van der Waals surface area contributed by atoms with E-state index in [-0.39, 0.29) is 19.4 Å². The summed E-state index contributed by atoms with van der Waals surface area (Å²) >= 11 is 0. The number of ether oxygens (including phenoxy) is 2. The summed E-state index contributed by atoms with van der Waals surface area (Å²) in [5.74, 6) is -1.22. The van der Waals surface area contributed by atoms with Crippen molar-refractivity contribution in [1.29, 1.82) is 0 Å². The van der Waals surface area contributed by atoms with Crippen LogP contribution in [0.4, 0.5) is 0 Å². The van der Waals surface area contributed by atoms with Crippen molar-refractivity contribution in [3.63, 3.8) is 0 Å². The molecule has 0 bridgehead atoms. The minimum absolute atomic E-state index is 0.0337. The van der Waals surface area contributed by atoms with Crippen LogP contribution in [0.5, 0.6) is 0 Å². The van der Waals surface area contributed by atoms with Crippen molar-refractivity contribution in [3.05, 3.63) is 35.9 Å². The van der Waals surface area contributed by atoms with Crippen LogP contribution in [0.3, 0.4) is 0 Å². The van der Waals surface area contributed by atoms with Crippen molar-refractivity contribution in [2.45, 2.75) is 62.4 Å². The predicted octanol–water partition coefficient (Wildman–Crippen LogP) is -1.42. The van der Waals surface area contributed by atoms with E-state index < -0.39 is 71.8 Å². The molecule has 0 radical (unpaired) electrons. The van der Waals surface area contributed by atoms with Crippen LogP contribution in [0.15, 0.2) is 30.3 Å². The predicted molar refractivity (Wildman–Crippen MR) is 104 cm³/mol. The zero-order valence-electron chi connectivity index (χ0n) is 16.5. The van der Waals surface area contributed by atoms with E-state index in [0.717, 1.165) is 5.56 Å². The SMILES string of the molecule is O=S(=O)(O)O[C@@H]1[C@H](O)[C@@H](O)[C@H](OCc2ccccc2)O[C@@H]1C[C@@H]1C[C@@H](O)[C@H](O)[C@H]1CO. The maximum atomic E-state index is 11.3. The highest BCUT2D eigenvalue weighted by atomic mass is 32.3. The molecule has 6 N–H and O–H groups in total. The summed E-state index contributed by atoms with van der Waals surface area (Å²) in [6, 6.07) is 8.95. The van der Waals surface area contributed by atoms with Gasteiger partial charge in [0.25, 0.3) is 0 Å². The van der Waals surface area contributed by atoms with Gasteiger partial charge in [-0.3, -0.25) is 4.55 Å². The maximum Gasteiger partial charge on any atom is 0.397 e. The van der Waals surface area contributed by atoms with E-state index >= 15 is 0 Å². The van der Waals surface area contributed by atoms with Gasteiger partial charge in [0.2, 0.25) is 0 Å². The quantitative estimate of drug-likeness (QED) is 0.248. The topological polar surface area (TPSA) is 183 Å². The Labute approximate surface area is 179 Å². The Balaban J connectivity index is 1.77. The average molecular weight is 464 g/mol. The summed E-state index contributed by atoms with van der Waals surface area (Å²) in [6.45, 7) is -0.398. The third kappa shape index (κ3) is 5.99. The van der Waals surface area contributed by atoms with Gasteiger partial charge in [0.15, 0.2) is 6.29 Å². The molecule has 1 heterocycles. The molecule has 11 nitrogen and oxygen atoms in total. The molecule has 0 aromatic heterocycles. The number of aliphatic hydroxyl groups is 5. The largest absolute Gasteiger partial charge is 0.397 e. The minimum Gasteiger partial charge on any atom is -0.396 e. The number of hydrogen-bond donors (Lipinski definition) is 6. The second-order valence-electron chi connectivity index (χ2n) is 7.95. The van der Waals surface area contributed by atoms with E-state index in [1.807, 2.05) is 6.07 Å². The Morgan fingerprint density at radius 2 is 1.71 bits per heavy atom. The zero-order chi connectivity index (χ0) is 22.8. The highest BCUT2D eigenvalue weighted by Gasteiger charge is 2.50. The zero-order valence-corrected chi connectivity index (χ0v) is 17.4. The van der Waals surface area contributed by atoms with Crippen LogP contribution in [0.25, 0.3) is 0 Å². The number of rotatable bonds is 8. The molecule has 1 aliphatic heterocycles. The second kappa shape index (κ2) is 10.2. The molecule has 1 aromatic rings. The van der Waals surface area contributed by atoms with Crippen LogP contribution in [0.2, 0.25) is 0 Å². The Bertz CT molecular complexity index is 804. The van der Waals surface area contributed by atoms with Crippen LogP contribution in [-0.4, -0.2) is 88.0 Å². The first kappa shape index (κ1) is 24.5. The fraction of sp³-hybridized carbons (Fsp3) is 0.684. The molecule has 31 heavy (non-hydrogen) atoms. The molecule has 12 heteroatoms. The molecule has 0 amide bonds. The minimum atomic E-state index is -5.00. The van der Waals surface area contributed by atoms with Gasteiger partial charge in [-0.2, -0.15) is 8.42 Å². The highest BCUT2D eigenvalue weighted by Crippen LogP contribution is 2.39. The summed E-state index contributed by atoms with van der Waals surface area (Å²) in [5, 5.41) is 50.4. The third-order valence-corrected chi connectivity index (χ3v) is 6.32. The van der Waals surface area contributed by atoms with Gasteiger partial charge >= 0.3 is 10.4 Å². The smallest absolute Gasteiger partial charge is 0.396 e. The van der Waals surface area contributed by atoms with Gasteiger partial charge in [0, 0.05) is 12.5 Å². The lowest BCUT2D eigenvalue weighted by molar-refractivity contribution is -0.298. The fourth-order valence-corrected chi connectivity index (χ4v) is 4.78. The summed E-state index contributed by atoms with van der Waals surface area (Å²) in [6.07, 6.45) is -9.90. The maximum absolute atomic E-state index is 11.3. The molecule has 0 spiro atoms. The van der Waals surface area contributed by atoms with E-state index in [4.69, 9.17) is 14.0 Å². The first-order chi connectivity index (χ1) is 14.6. The second-order valence-corrected chi connectivity index (χ2v) is 8.99. The standard InChI is InChI=1S/C19H28O11S/c20-8-12-11(6-13(21)15(12)22)7-14-18(30-31(25,26)27)16(23)17(24)19(29-14)28-9-10-4-2-1-3-5-10/h1-5,11-24H,6-9H2,(H,25,26,27)/t11-,12-,13+,14+,15+,16+,17+,18-,19+/m0/s1. The van der Waals surface area contributed by atoms with Crippen molar-refractivity contribution >= 4 is 10.4 Å². The summed E-state index contributed by atoms with van der Waals surface area (Å²) in [5.41, 5.74) is 0.767. The van der Waals surface area contributed by atoms with Gasteiger partial charge in [-0.1, -0.05) is 30.3 Å². The lowest BCUT2D eigenvalue weighted by Crippen LogP contribution is -2.59. The molecular weight excluding hydrogens is 436 g/mol. The van der Waals surface area contributed by atoms with Crippen LogP contribution in [0, 0.1) is 11.8 Å². The van der Waals surface area contributed by atoms with Crippen LogP contribution in [0.1, 0.15) is 18.4 Å². The Morgan fingerprint density at radius 1 is 1.03 bits per heavy atom. The molecule has 1 aromatic carbocycles. The van der Waals surface area contributed by atoms with E-state index in [1.165, 1.54) is 0 Å². The number of hydrogen-bond acceptors (Lipinski definition) is 10. The lowest BCUT2D eigenvalue weighted by atomic mass is 9.86. The number of aliphatic hydroxyl groups excluding tert-OH is 5. The molecule has 0 unspecified atom stereocenters. The fourth-order valence-electron chi connectivity index (χ4n) is 4.26. The van der Waals surface area contributed by atoms with Crippen molar-refractivity contribution in [1.82, 2.24) is 0 Å². The molecule has 2 fully saturated rings. The Kier molecular flexibility index (Phi) is 8.02. The van der Waals surface area contributed by atoms with E-state index in [1.54, 1.807) is 24.3 Å². The number of benzene rings is 1. The molecule has 2 aliphatic rings. The van der Waals surface area contributed by atoms with E-state index in [0.29, 0.717) is 0 Å². The Morgan fingerprint density at radius 3 is 2.32 bits per heavy atom. The molecule has 1 saturated carbocycles. The third-order valence-electron chi connectivity index (χ3n) is 5.86. The van der Waals surface area contributed by atoms with Crippen LogP contribution >= 0.6 is 0 Å². The molecule has 176 valence electrons. The first-order valence-corrected chi connectivity index (χ1v) is 11.3. The normalized spacial score (nSPS) is 39.0. The van der Waals surface area contributed by atoms with Gasteiger partial charge in [0.1, 0.15) is 18.3 Å². The lowest BCUT2D eigenvalue weighted by Gasteiger charge is -2.42. The molecule has 1 saturated heterocycles. The molecule has 9 atom stereocenters. The summed E-state index contributed by atoms with van der Waals surface area (Å²) in [7, 11) is -5.00. The van der Waals surface area contributed by atoms with Gasteiger partial charge < -0.3 is 35.0 Å². The van der Waals surface area contributed by atoms with Crippen molar-refractivity contribution in [2.75, 3.05) is 6.61 Å². The Hall–Kier alpha value is -1.19. The monoisotopic (exact) mass is 464 g/mol. The van der Waals surface area contributed by atoms with Gasteiger partial charge in [-0.25, -0.2) is 4.18 Å². The van der Waals surface area contributed by atoms with Gasteiger partial charge in [-0.15, -0.1) is 0 Å². The van der Waals surface area contributed by atoms with Gasteiger partial charge in [-0.05, 0) is 24.3 Å². The van der Waals surface area contributed by atoms with Crippen molar-refractivity contribution in [2.24, 2.45) is 11.8 Å². The van der Waals surface area contributed by atoms with Crippen molar-refractivity contribution in [3.8, 4) is 0 Å². The molecular formula is C19H28O11S. The van der Waals surface area contributed by atoms with Crippen LogP contribution < -0.4 is 0 Å². The summed E-state index contributed by atoms with van der Waals surface area (Å²) < 4.78 is 47.5.